The van der Waals surface area contributed by atoms with Crippen molar-refractivity contribution in [2.45, 2.75) is 0 Å². The van der Waals surface area contributed by atoms with E-state index in [4.69, 9.17) is 0 Å². The Hall–Kier alpha value is 0.246. The zero-order chi connectivity index (χ0) is 3.41. The maximum absolute atomic E-state index is 3.36. The van der Waals surface area contributed by atoms with Crippen LogP contribution in [0.15, 0.2) is 12.2 Å². The van der Waals surface area contributed by atoms with Crippen LogP contribution in [-0.2, 0) is 0 Å². The molecule has 0 aromatic heterocycles. The van der Waals surface area contributed by atoms with Gasteiger partial charge >= 0.3 is 23.1 Å². The van der Waals surface area contributed by atoms with Crippen LogP contribution in [0.25, 0.3) is 0 Å². The van der Waals surface area contributed by atoms with Crippen molar-refractivity contribution in [3.05, 3.63) is 26.0 Å². The molecule has 0 aliphatic heterocycles. The molecule has 0 saturated heterocycles. The second kappa shape index (κ2) is 8.87. The zero-order valence-electron chi connectivity index (χ0n) is 3.28. The molecule has 1 heteroatoms. The minimum Gasteiger partial charge on any atom is -0.382 e. The van der Waals surface area contributed by atoms with Crippen molar-refractivity contribution < 1.29 is 0 Å². The first-order valence-corrected chi connectivity index (χ1v) is 1.15. The van der Waals surface area contributed by atoms with Gasteiger partial charge in [0.15, 0.2) is 0 Å². The molecule has 0 N–H and O–H groups in total. The third-order valence-corrected chi connectivity index (χ3v) is 0.167. The molecule has 0 aliphatic rings. The average Bonchev–Trinajstić information content (AvgIpc) is 1.37. The Balaban J connectivity index is 0. The van der Waals surface area contributed by atoms with Gasteiger partial charge in [0.1, 0.15) is 0 Å². The van der Waals surface area contributed by atoms with Crippen LogP contribution in [0, 0.1) is 13.8 Å². The molecule has 0 fully saturated rings. The number of hydrogen-bond donors (Lipinski definition) is 0. The van der Waals surface area contributed by atoms with Crippen LogP contribution < -0.4 is 0 Å². The molecule has 0 aromatic carbocycles. The summed E-state index contributed by atoms with van der Waals surface area (Å²) in [5.74, 6) is 0. The normalized spacial score (nSPS) is 7.20. The Morgan fingerprint density at radius 1 is 1.00 bits per heavy atom. The van der Waals surface area contributed by atoms with E-state index in [1.165, 1.54) is 0 Å². The van der Waals surface area contributed by atoms with Gasteiger partial charge in [-0.3, -0.25) is 0 Å². The minimum absolute atomic E-state index is 0. The van der Waals surface area contributed by atoms with E-state index in [1.54, 1.807) is 12.2 Å². The van der Waals surface area contributed by atoms with E-state index in [0.717, 1.165) is 0 Å². The van der Waals surface area contributed by atoms with Gasteiger partial charge in [-0.05, 0) is 0 Å². The van der Waals surface area contributed by atoms with E-state index >= 15 is 0 Å². The molecule has 0 bridgehead atoms. The third kappa shape index (κ3) is 13.8. The van der Waals surface area contributed by atoms with Crippen LogP contribution in [0.3, 0.4) is 0 Å². The molecule has 0 amide bonds. The number of allylic oxidation sites excluding steroid dienone is 2. The predicted octanol–water partition coefficient (Wildman–Crippen LogP) is 0.830. The zero-order valence-corrected chi connectivity index (χ0v) is 4.69. The van der Waals surface area contributed by atoms with Crippen LogP contribution in [0.2, 0.25) is 0 Å². The monoisotopic (exact) mass is 78.0 g/mol. The Kier molecular flexibility index (Phi) is 15.9. The minimum atomic E-state index is 0. The van der Waals surface area contributed by atoms with Gasteiger partial charge in [-0.15, -0.1) is 0 Å². The molecule has 0 unspecified atom stereocenters. The molecule has 0 atom stereocenters. The fourth-order valence-electron chi connectivity index (χ4n) is 0. The van der Waals surface area contributed by atoms with Crippen LogP contribution in [-0.4, -0.2) is 23.1 Å². The molecule has 24 valence electrons. The first kappa shape index (κ1) is 8.98. The van der Waals surface area contributed by atoms with E-state index in [1.807, 2.05) is 0 Å². The second-order valence-electron chi connectivity index (χ2n) is 0.471. The molecule has 0 heterocycles. The van der Waals surface area contributed by atoms with Crippen LogP contribution >= 0.6 is 0 Å². The van der Waals surface area contributed by atoms with Gasteiger partial charge in [-0.1, -0.05) is 0 Å². The van der Waals surface area contributed by atoms with Gasteiger partial charge in [-0.2, -0.15) is 0 Å². The Bertz CT molecular complexity index is 18.8. The molecule has 0 aliphatic carbocycles. The summed E-state index contributed by atoms with van der Waals surface area (Å²) in [5.41, 5.74) is 0. The van der Waals surface area contributed by atoms with Crippen LogP contribution in [0.5, 0.6) is 0 Å². The van der Waals surface area contributed by atoms with Crippen molar-refractivity contribution in [1.29, 1.82) is 0 Å². The summed E-state index contributed by atoms with van der Waals surface area (Å²) >= 11 is 0. The third-order valence-electron chi connectivity index (χ3n) is 0.167. The summed E-state index contributed by atoms with van der Waals surface area (Å²) in [6, 6.07) is 0. The van der Waals surface area contributed by atoms with Crippen molar-refractivity contribution in [3.63, 3.8) is 0 Å². The fourth-order valence-corrected chi connectivity index (χ4v) is 0. The Labute approximate surface area is 49.4 Å². The summed E-state index contributed by atoms with van der Waals surface area (Å²) in [6.45, 7) is 6.72. The SMILES string of the molecule is [CH2-]/C=C\[CH2-].[Mg+2]. The van der Waals surface area contributed by atoms with E-state index in [9.17, 15) is 0 Å². The van der Waals surface area contributed by atoms with Gasteiger partial charge in [0.05, 0.1) is 0 Å². The van der Waals surface area contributed by atoms with Crippen molar-refractivity contribution in [1.82, 2.24) is 0 Å². The van der Waals surface area contributed by atoms with Crippen molar-refractivity contribution in [2.24, 2.45) is 0 Å². The van der Waals surface area contributed by atoms with Crippen molar-refractivity contribution in [3.8, 4) is 0 Å². The molecule has 0 aromatic rings. The smallest absolute Gasteiger partial charge is 0.382 e. The average molecular weight is 78.4 g/mol. The van der Waals surface area contributed by atoms with E-state index in [2.05, 4.69) is 13.8 Å². The van der Waals surface area contributed by atoms with Gasteiger partial charge in [0, 0.05) is 0 Å². The summed E-state index contributed by atoms with van der Waals surface area (Å²) < 4.78 is 0. The van der Waals surface area contributed by atoms with Crippen molar-refractivity contribution >= 4 is 23.1 Å². The predicted molar refractivity (Wildman–Crippen MR) is 25.6 cm³/mol. The molecule has 0 spiro atoms. The van der Waals surface area contributed by atoms with Crippen molar-refractivity contribution in [2.75, 3.05) is 0 Å². The summed E-state index contributed by atoms with van der Waals surface area (Å²) in [7, 11) is 0. The largest absolute Gasteiger partial charge is 2.00 e. The summed E-state index contributed by atoms with van der Waals surface area (Å²) in [4.78, 5) is 0. The van der Waals surface area contributed by atoms with E-state index in [-0.39, 0.29) is 23.1 Å². The molecular weight excluding hydrogens is 72.3 g/mol. The maximum Gasteiger partial charge on any atom is 2.00 e. The van der Waals surface area contributed by atoms with Gasteiger partial charge in [0.2, 0.25) is 0 Å². The first-order chi connectivity index (χ1) is 1.91. The fraction of sp³-hybridized carbons (Fsp3) is 0. The Morgan fingerprint density at radius 3 is 1.20 bits per heavy atom. The first-order valence-electron chi connectivity index (χ1n) is 1.15. The maximum atomic E-state index is 3.36. The number of hydrogen-bond acceptors (Lipinski definition) is 0. The quantitative estimate of drug-likeness (QED) is 0.297. The molecule has 0 nitrogen and oxygen atoms in total. The van der Waals surface area contributed by atoms with Gasteiger partial charge in [-0.25, -0.2) is 0 Å². The second-order valence-corrected chi connectivity index (χ2v) is 0.471. The Morgan fingerprint density at radius 2 is 1.20 bits per heavy atom. The molecule has 0 saturated carbocycles. The summed E-state index contributed by atoms with van der Waals surface area (Å²) in [5, 5.41) is 0. The molecular formula is C4H6Mg. The number of rotatable bonds is 0. The van der Waals surface area contributed by atoms with Crippen LogP contribution in [0.4, 0.5) is 0 Å². The molecule has 0 radical (unpaired) electrons. The van der Waals surface area contributed by atoms with Crippen LogP contribution in [0.1, 0.15) is 0 Å². The summed E-state index contributed by atoms with van der Waals surface area (Å²) in [6.07, 6.45) is 3.28. The molecule has 0 rings (SSSR count). The molecule has 5 heavy (non-hydrogen) atoms. The van der Waals surface area contributed by atoms with Gasteiger partial charge < -0.3 is 26.0 Å². The standard InChI is InChI=1S/C4H6.Mg/c1-3-4-2;/h3-4H,1-2H2;/q-2;+2/b4-3-;. The van der Waals surface area contributed by atoms with Gasteiger partial charge in [0.25, 0.3) is 0 Å². The topological polar surface area (TPSA) is 0 Å². The van der Waals surface area contributed by atoms with E-state index < -0.39 is 0 Å². The van der Waals surface area contributed by atoms with E-state index in [0.29, 0.717) is 0 Å².